The Morgan fingerprint density at radius 2 is 1.62 bits per heavy atom. The highest BCUT2D eigenvalue weighted by atomic mass is 79.9. The lowest BCUT2D eigenvalue weighted by molar-refractivity contribution is -0.141. The van der Waals surface area contributed by atoms with Crippen LogP contribution in [0.3, 0.4) is 0 Å². The van der Waals surface area contributed by atoms with E-state index in [0.717, 1.165) is 19.3 Å². The molecule has 0 saturated carbocycles. The number of carbonyl (C=O) groups excluding carboxylic acids is 1. The van der Waals surface area contributed by atoms with Crippen LogP contribution in [0.1, 0.15) is 58.3 Å². The monoisotopic (exact) mass is 288 g/mol. The SMILES string of the molecule is CC(=O)OCCCCCCCCCC#CBr. The van der Waals surface area contributed by atoms with Gasteiger partial charge in [0.1, 0.15) is 0 Å². The topological polar surface area (TPSA) is 26.3 Å². The van der Waals surface area contributed by atoms with Gasteiger partial charge < -0.3 is 4.74 Å². The van der Waals surface area contributed by atoms with Crippen LogP contribution in [0.2, 0.25) is 0 Å². The van der Waals surface area contributed by atoms with Crippen LogP contribution in [0.25, 0.3) is 0 Å². The Morgan fingerprint density at radius 1 is 1.06 bits per heavy atom. The molecule has 0 radical (unpaired) electrons. The Kier molecular flexibility index (Phi) is 12.2. The van der Waals surface area contributed by atoms with E-state index >= 15 is 0 Å². The zero-order chi connectivity index (χ0) is 12.1. The summed E-state index contributed by atoms with van der Waals surface area (Å²) in [5, 5.41) is 0. The lowest BCUT2D eigenvalue weighted by Crippen LogP contribution is -1.99. The third-order valence-electron chi connectivity index (χ3n) is 2.32. The van der Waals surface area contributed by atoms with Crippen LogP contribution >= 0.6 is 15.9 Å². The fourth-order valence-electron chi connectivity index (χ4n) is 1.46. The van der Waals surface area contributed by atoms with Crippen molar-refractivity contribution in [1.29, 1.82) is 0 Å². The molecule has 0 spiro atoms. The average Bonchev–Trinajstić information content (AvgIpc) is 2.25. The van der Waals surface area contributed by atoms with E-state index in [4.69, 9.17) is 4.74 Å². The first kappa shape index (κ1) is 15.5. The van der Waals surface area contributed by atoms with Gasteiger partial charge in [-0.2, -0.15) is 0 Å². The highest BCUT2D eigenvalue weighted by Crippen LogP contribution is 2.08. The van der Waals surface area contributed by atoms with Gasteiger partial charge in [-0.3, -0.25) is 4.79 Å². The molecule has 2 nitrogen and oxygen atoms in total. The van der Waals surface area contributed by atoms with Crippen LogP contribution in [0.4, 0.5) is 0 Å². The number of carbonyl (C=O) groups is 1. The second-order valence-corrected chi connectivity index (χ2v) is 4.23. The first-order valence-electron chi connectivity index (χ1n) is 5.99. The normalized spacial score (nSPS) is 9.38. The molecule has 0 aliphatic rings. The van der Waals surface area contributed by atoms with Crippen LogP contribution in [0.5, 0.6) is 0 Å². The lowest BCUT2D eigenvalue weighted by atomic mass is 10.1. The summed E-state index contributed by atoms with van der Waals surface area (Å²) >= 11 is 3.08. The highest BCUT2D eigenvalue weighted by Gasteiger charge is 1.94. The van der Waals surface area contributed by atoms with Gasteiger partial charge in [-0.15, -0.1) is 0 Å². The molecule has 0 N–H and O–H groups in total. The van der Waals surface area contributed by atoms with E-state index in [1.807, 2.05) is 0 Å². The minimum Gasteiger partial charge on any atom is -0.466 e. The Bertz CT molecular complexity index is 228. The molecule has 3 heteroatoms. The smallest absolute Gasteiger partial charge is 0.302 e. The van der Waals surface area contributed by atoms with Crippen molar-refractivity contribution in [2.24, 2.45) is 0 Å². The van der Waals surface area contributed by atoms with Gasteiger partial charge >= 0.3 is 5.97 Å². The van der Waals surface area contributed by atoms with Crippen molar-refractivity contribution < 1.29 is 9.53 Å². The zero-order valence-electron chi connectivity index (χ0n) is 10.1. The minimum atomic E-state index is -0.173. The van der Waals surface area contributed by atoms with Crippen molar-refractivity contribution in [1.82, 2.24) is 0 Å². The van der Waals surface area contributed by atoms with Gasteiger partial charge in [0.25, 0.3) is 0 Å². The van der Waals surface area contributed by atoms with Crippen molar-refractivity contribution in [3.8, 4) is 10.8 Å². The number of unbranched alkanes of at least 4 members (excludes halogenated alkanes) is 7. The lowest BCUT2D eigenvalue weighted by Gasteiger charge is -2.02. The van der Waals surface area contributed by atoms with Gasteiger partial charge in [0, 0.05) is 29.3 Å². The van der Waals surface area contributed by atoms with Gasteiger partial charge in [0.2, 0.25) is 0 Å². The summed E-state index contributed by atoms with van der Waals surface area (Å²) < 4.78 is 4.86. The van der Waals surface area contributed by atoms with E-state index < -0.39 is 0 Å². The van der Waals surface area contributed by atoms with Crippen LogP contribution in [0.15, 0.2) is 0 Å². The van der Waals surface area contributed by atoms with E-state index in [2.05, 4.69) is 26.7 Å². The standard InChI is InChI=1S/C13H21BrO2/c1-13(15)16-12-10-8-6-4-2-3-5-7-9-11-14/h2-8,10,12H2,1H3. The summed E-state index contributed by atoms with van der Waals surface area (Å²) in [6, 6.07) is 0. The number of hydrogen-bond donors (Lipinski definition) is 0. The molecule has 0 atom stereocenters. The predicted octanol–water partition coefficient (Wildman–Crippen LogP) is 4.03. The van der Waals surface area contributed by atoms with E-state index in [1.54, 1.807) is 0 Å². The molecule has 0 heterocycles. The van der Waals surface area contributed by atoms with E-state index in [0.29, 0.717) is 6.61 Å². The fourth-order valence-corrected chi connectivity index (χ4v) is 1.66. The molecule has 0 unspecified atom stereocenters. The second kappa shape index (κ2) is 12.6. The largest absolute Gasteiger partial charge is 0.466 e. The van der Waals surface area contributed by atoms with Crippen LogP contribution in [-0.4, -0.2) is 12.6 Å². The maximum Gasteiger partial charge on any atom is 0.302 e. The Morgan fingerprint density at radius 3 is 2.19 bits per heavy atom. The highest BCUT2D eigenvalue weighted by molar-refractivity contribution is 9.12. The molecule has 0 fully saturated rings. The number of esters is 1. The molecule has 0 rings (SSSR count). The summed E-state index contributed by atoms with van der Waals surface area (Å²) in [5.74, 6) is 2.82. The molecule has 0 saturated heterocycles. The van der Waals surface area contributed by atoms with Crippen LogP contribution < -0.4 is 0 Å². The molecule has 0 aromatic heterocycles. The van der Waals surface area contributed by atoms with Gasteiger partial charge in [-0.1, -0.05) is 38.0 Å². The molecule has 0 aliphatic heterocycles. The number of rotatable bonds is 9. The van der Waals surface area contributed by atoms with E-state index in [1.165, 1.54) is 39.0 Å². The second-order valence-electron chi connectivity index (χ2n) is 3.84. The quantitative estimate of drug-likeness (QED) is 0.364. The fraction of sp³-hybridized carbons (Fsp3) is 0.769. The molecule has 16 heavy (non-hydrogen) atoms. The molecule has 0 amide bonds. The molecule has 0 aromatic carbocycles. The van der Waals surface area contributed by atoms with Gasteiger partial charge in [0.05, 0.1) is 6.61 Å². The molecular formula is C13H21BrO2. The molecule has 0 bridgehead atoms. The zero-order valence-corrected chi connectivity index (χ0v) is 11.6. The van der Waals surface area contributed by atoms with Crippen molar-refractivity contribution in [3.63, 3.8) is 0 Å². The van der Waals surface area contributed by atoms with E-state index in [9.17, 15) is 4.79 Å². The van der Waals surface area contributed by atoms with Crippen molar-refractivity contribution in [3.05, 3.63) is 0 Å². The molecule has 92 valence electrons. The van der Waals surface area contributed by atoms with Gasteiger partial charge in [-0.25, -0.2) is 0 Å². The Hall–Kier alpha value is -0.490. The van der Waals surface area contributed by atoms with Gasteiger partial charge in [-0.05, 0) is 17.7 Å². The van der Waals surface area contributed by atoms with Crippen molar-refractivity contribution >= 4 is 21.9 Å². The maximum absolute atomic E-state index is 10.5. The molecule has 0 aromatic rings. The summed E-state index contributed by atoms with van der Waals surface area (Å²) in [4.78, 5) is 13.2. The summed E-state index contributed by atoms with van der Waals surface area (Å²) in [5.41, 5.74) is 0. The third-order valence-corrected chi connectivity index (χ3v) is 2.60. The Labute approximate surface area is 107 Å². The summed E-state index contributed by atoms with van der Waals surface area (Å²) in [6.45, 7) is 2.03. The number of hydrogen-bond acceptors (Lipinski definition) is 2. The first-order valence-corrected chi connectivity index (χ1v) is 6.78. The molecular weight excluding hydrogens is 268 g/mol. The average molecular weight is 289 g/mol. The first-order chi connectivity index (χ1) is 7.77. The Balaban J connectivity index is 2.97. The van der Waals surface area contributed by atoms with Crippen LogP contribution in [0, 0.1) is 10.8 Å². The summed E-state index contributed by atoms with van der Waals surface area (Å²) in [7, 11) is 0. The van der Waals surface area contributed by atoms with Gasteiger partial charge in [0.15, 0.2) is 0 Å². The predicted molar refractivity (Wildman–Crippen MR) is 70.3 cm³/mol. The number of ether oxygens (including phenoxy) is 1. The minimum absolute atomic E-state index is 0.173. The van der Waals surface area contributed by atoms with Crippen molar-refractivity contribution in [2.75, 3.05) is 6.61 Å². The van der Waals surface area contributed by atoms with Crippen molar-refractivity contribution in [2.45, 2.75) is 58.3 Å². The van der Waals surface area contributed by atoms with E-state index in [-0.39, 0.29) is 5.97 Å². The summed E-state index contributed by atoms with van der Waals surface area (Å²) in [6.07, 6.45) is 9.43. The number of halogens is 1. The third kappa shape index (κ3) is 13.5. The maximum atomic E-state index is 10.5. The molecule has 0 aliphatic carbocycles. The van der Waals surface area contributed by atoms with Crippen LogP contribution in [-0.2, 0) is 9.53 Å².